The fourth-order valence-corrected chi connectivity index (χ4v) is 3.65. The fraction of sp³-hybridized carbons (Fsp3) is 0.273. The number of carbonyl (C=O) groups excluding carboxylic acids is 1. The smallest absolute Gasteiger partial charge is 0.226 e. The van der Waals surface area contributed by atoms with Crippen molar-refractivity contribution in [1.29, 1.82) is 0 Å². The Bertz CT molecular complexity index is 1110. The molecule has 2 aromatic carbocycles. The van der Waals surface area contributed by atoms with Crippen molar-refractivity contribution in [3.05, 3.63) is 65.6 Å². The van der Waals surface area contributed by atoms with Crippen LogP contribution in [0.2, 0.25) is 0 Å². The highest BCUT2D eigenvalue weighted by molar-refractivity contribution is 5.94. The highest BCUT2D eigenvalue weighted by Crippen LogP contribution is 2.44. The molecule has 6 nitrogen and oxygen atoms in total. The number of benzene rings is 2. The van der Waals surface area contributed by atoms with Crippen LogP contribution in [-0.4, -0.2) is 28.7 Å². The summed E-state index contributed by atoms with van der Waals surface area (Å²) in [4.78, 5) is 17.0. The van der Waals surface area contributed by atoms with Crippen LogP contribution in [0.3, 0.4) is 0 Å². The van der Waals surface area contributed by atoms with Gasteiger partial charge >= 0.3 is 0 Å². The average molecular weight is 413 g/mol. The number of nitrogens with one attached hydrogen (secondary N) is 1. The molecule has 30 heavy (non-hydrogen) atoms. The van der Waals surface area contributed by atoms with Crippen molar-refractivity contribution in [2.45, 2.75) is 32.3 Å². The molecule has 0 aliphatic carbocycles. The molecule has 1 aromatic heterocycles. The number of amides is 1. The lowest BCUT2D eigenvalue weighted by Gasteiger charge is -2.26. The number of imidazole rings is 1. The van der Waals surface area contributed by atoms with E-state index in [0.717, 1.165) is 23.8 Å². The lowest BCUT2D eigenvalue weighted by Crippen LogP contribution is -2.25. The molecule has 1 aliphatic heterocycles. The van der Waals surface area contributed by atoms with Gasteiger partial charge in [0.1, 0.15) is 23.8 Å². The van der Waals surface area contributed by atoms with Crippen LogP contribution >= 0.6 is 0 Å². The van der Waals surface area contributed by atoms with Crippen molar-refractivity contribution >= 4 is 11.7 Å². The zero-order valence-electron chi connectivity index (χ0n) is 16.8. The number of aromatic nitrogens is 2. The summed E-state index contributed by atoms with van der Waals surface area (Å²) in [7, 11) is 1.55. The Morgan fingerprint density at radius 2 is 2.03 bits per heavy atom. The van der Waals surface area contributed by atoms with Crippen LogP contribution in [0, 0.1) is 11.6 Å². The van der Waals surface area contributed by atoms with E-state index in [9.17, 15) is 13.6 Å². The first-order valence-corrected chi connectivity index (χ1v) is 9.55. The number of hydrogen-bond acceptors (Lipinski definition) is 4. The third-order valence-electron chi connectivity index (χ3n) is 4.90. The molecule has 0 unspecified atom stereocenters. The number of methoxy groups -OCH3 is 1. The van der Waals surface area contributed by atoms with Crippen LogP contribution in [0.4, 0.5) is 14.6 Å². The van der Waals surface area contributed by atoms with Gasteiger partial charge in [0.2, 0.25) is 5.91 Å². The summed E-state index contributed by atoms with van der Waals surface area (Å²) in [6.07, 6.45) is 1.40. The van der Waals surface area contributed by atoms with Crippen LogP contribution in [0.15, 0.2) is 42.7 Å². The standard InChI is InChI=1S/C22H21F2N3O3/c1-12(2)30-21-14(5-4-6-18(21)29-3)15-10-19(28)26-22-20(15)25-11-27(22)17-9-13(23)7-8-16(17)24/h4-9,11-12,15H,10H2,1-3H3,(H,26,28)/t15-/m1/s1. The molecular weight excluding hydrogens is 392 g/mol. The number of fused-ring (bicyclic) bond motifs is 1. The first-order chi connectivity index (χ1) is 14.4. The van der Waals surface area contributed by atoms with Gasteiger partial charge < -0.3 is 14.8 Å². The van der Waals surface area contributed by atoms with Crippen LogP contribution in [0.25, 0.3) is 5.69 Å². The lowest BCUT2D eigenvalue weighted by atomic mass is 9.89. The van der Waals surface area contributed by atoms with Crippen molar-refractivity contribution < 1.29 is 23.0 Å². The molecule has 156 valence electrons. The number of anilines is 1. The van der Waals surface area contributed by atoms with Gasteiger partial charge in [-0.1, -0.05) is 12.1 Å². The third kappa shape index (κ3) is 3.49. The summed E-state index contributed by atoms with van der Waals surface area (Å²) in [6, 6.07) is 8.59. The highest BCUT2D eigenvalue weighted by atomic mass is 19.1. The molecule has 0 bridgehead atoms. The molecule has 1 aliphatic rings. The topological polar surface area (TPSA) is 65.4 Å². The Balaban J connectivity index is 1.86. The summed E-state index contributed by atoms with van der Waals surface area (Å²) in [5.74, 6) is -0.526. The van der Waals surface area contributed by atoms with Crippen molar-refractivity contribution in [2.75, 3.05) is 12.4 Å². The second-order valence-electron chi connectivity index (χ2n) is 7.29. The third-order valence-corrected chi connectivity index (χ3v) is 4.90. The quantitative estimate of drug-likeness (QED) is 0.673. The SMILES string of the molecule is COc1cccc([C@H]2CC(=O)Nc3c2ncn3-c2cc(F)ccc2F)c1OC(C)C. The summed E-state index contributed by atoms with van der Waals surface area (Å²) in [5, 5.41) is 2.74. The Kier molecular flexibility index (Phi) is 5.15. The Labute approximate surface area is 172 Å². The number of para-hydroxylation sites is 1. The minimum atomic E-state index is -0.627. The van der Waals surface area contributed by atoms with Gasteiger partial charge in [0.15, 0.2) is 11.5 Å². The molecule has 0 saturated carbocycles. The molecule has 8 heteroatoms. The normalized spacial score (nSPS) is 15.7. The minimum absolute atomic E-state index is 0.0333. The number of nitrogens with zero attached hydrogens (tertiary/aromatic N) is 2. The van der Waals surface area contributed by atoms with Crippen LogP contribution in [-0.2, 0) is 4.79 Å². The summed E-state index contributed by atoms with van der Waals surface area (Å²) in [6.45, 7) is 3.80. The number of rotatable bonds is 5. The van der Waals surface area contributed by atoms with Gasteiger partial charge in [-0.2, -0.15) is 0 Å². The highest BCUT2D eigenvalue weighted by Gasteiger charge is 2.34. The zero-order valence-corrected chi connectivity index (χ0v) is 16.8. The van der Waals surface area contributed by atoms with E-state index in [1.54, 1.807) is 13.2 Å². The monoisotopic (exact) mass is 413 g/mol. The van der Waals surface area contributed by atoms with Crippen LogP contribution in [0.5, 0.6) is 11.5 Å². The Hall–Kier alpha value is -3.42. The number of carbonyl (C=O) groups is 1. The zero-order chi connectivity index (χ0) is 21.4. The first-order valence-electron chi connectivity index (χ1n) is 9.55. The molecule has 3 aromatic rings. The summed E-state index contributed by atoms with van der Waals surface area (Å²) >= 11 is 0. The van der Waals surface area contributed by atoms with E-state index >= 15 is 0 Å². The Morgan fingerprint density at radius 3 is 2.77 bits per heavy atom. The van der Waals surface area contributed by atoms with Crippen LogP contribution < -0.4 is 14.8 Å². The van der Waals surface area contributed by atoms with Gasteiger partial charge in [-0.3, -0.25) is 9.36 Å². The maximum atomic E-state index is 14.4. The fourth-order valence-electron chi connectivity index (χ4n) is 3.65. The number of halogens is 2. The van der Waals surface area contributed by atoms with E-state index in [2.05, 4.69) is 10.3 Å². The largest absolute Gasteiger partial charge is 0.493 e. The van der Waals surface area contributed by atoms with Crippen molar-refractivity contribution in [3.8, 4) is 17.2 Å². The predicted molar refractivity (Wildman–Crippen MR) is 107 cm³/mol. The molecule has 1 atom stereocenters. The molecular formula is C22H21F2N3O3. The summed E-state index contributed by atoms with van der Waals surface area (Å²) in [5.41, 5.74) is 1.25. The van der Waals surface area contributed by atoms with E-state index in [1.807, 2.05) is 26.0 Å². The molecule has 2 heterocycles. The molecule has 1 N–H and O–H groups in total. The molecule has 4 rings (SSSR count). The van der Waals surface area contributed by atoms with E-state index < -0.39 is 17.6 Å². The maximum absolute atomic E-state index is 14.4. The van der Waals surface area contributed by atoms with Gasteiger partial charge in [0, 0.05) is 24.0 Å². The molecule has 0 spiro atoms. The number of hydrogen-bond donors (Lipinski definition) is 1. The number of ether oxygens (including phenoxy) is 2. The molecule has 0 radical (unpaired) electrons. The van der Waals surface area contributed by atoms with E-state index in [0.29, 0.717) is 23.0 Å². The first kappa shape index (κ1) is 19.9. The van der Waals surface area contributed by atoms with Crippen LogP contribution in [0.1, 0.15) is 37.4 Å². The second kappa shape index (κ2) is 7.78. The summed E-state index contributed by atoms with van der Waals surface area (Å²) < 4.78 is 40.9. The van der Waals surface area contributed by atoms with Gasteiger partial charge in [-0.15, -0.1) is 0 Å². The second-order valence-corrected chi connectivity index (χ2v) is 7.29. The van der Waals surface area contributed by atoms with E-state index in [-0.39, 0.29) is 24.1 Å². The molecule has 1 amide bonds. The van der Waals surface area contributed by atoms with E-state index in [1.165, 1.54) is 10.9 Å². The Morgan fingerprint density at radius 1 is 1.23 bits per heavy atom. The van der Waals surface area contributed by atoms with Crippen molar-refractivity contribution in [3.63, 3.8) is 0 Å². The maximum Gasteiger partial charge on any atom is 0.226 e. The lowest BCUT2D eigenvalue weighted by molar-refractivity contribution is -0.116. The predicted octanol–water partition coefficient (Wildman–Crippen LogP) is 4.42. The van der Waals surface area contributed by atoms with Gasteiger partial charge in [-0.05, 0) is 32.0 Å². The van der Waals surface area contributed by atoms with E-state index in [4.69, 9.17) is 9.47 Å². The van der Waals surface area contributed by atoms with Gasteiger partial charge in [-0.25, -0.2) is 13.8 Å². The molecule has 0 saturated heterocycles. The van der Waals surface area contributed by atoms with Crippen molar-refractivity contribution in [1.82, 2.24) is 9.55 Å². The van der Waals surface area contributed by atoms with Gasteiger partial charge in [0.25, 0.3) is 0 Å². The molecule has 0 fully saturated rings. The average Bonchev–Trinajstić information content (AvgIpc) is 3.12. The minimum Gasteiger partial charge on any atom is -0.493 e. The van der Waals surface area contributed by atoms with Gasteiger partial charge in [0.05, 0.1) is 24.6 Å². The van der Waals surface area contributed by atoms with Crippen molar-refractivity contribution in [2.24, 2.45) is 0 Å².